The zero-order valence-electron chi connectivity index (χ0n) is 15.1. The molecule has 144 valence electrons. The SMILES string of the molecule is CCN(CC(=O)O)C1CC(NC(=O)N2CCN(Cc3cscn3)CC2)C1. The van der Waals surface area contributed by atoms with Crippen molar-refractivity contribution in [2.75, 3.05) is 39.3 Å². The van der Waals surface area contributed by atoms with E-state index < -0.39 is 5.97 Å². The molecule has 0 aromatic carbocycles. The van der Waals surface area contributed by atoms with Gasteiger partial charge in [0.25, 0.3) is 0 Å². The van der Waals surface area contributed by atoms with Crippen molar-refractivity contribution in [1.82, 2.24) is 25.0 Å². The topological polar surface area (TPSA) is 89.0 Å². The minimum Gasteiger partial charge on any atom is -0.480 e. The maximum Gasteiger partial charge on any atom is 0.317 e. The van der Waals surface area contributed by atoms with Crippen LogP contribution in [0.2, 0.25) is 0 Å². The Kier molecular flexibility index (Phi) is 6.44. The standard InChI is InChI=1S/C17H27N5O3S/c1-2-21(10-16(23)24)15-7-13(8-15)19-17(25)22-5-3-20(4-6-22)9-14-11-26-12-18-14/h11-13,15H,2-10H2,1H3,(H,19,25)(H,23,24). The highest BCUT2D eigenvalue weighted by molar-refractivity contribution is 7.07. The van der Waals surface area contributed by atoms with E-state index in [-0.39, 0.29) is 24.7 Å². The molecule has 2 amide bonds. The zero-order valence-corrected chi connectivity index (χ0v) is 16.0. The monoisotopic (exact) mass is 381 g/mol. The second kappa shape index (κ2) is 8.79. The number of piperazine rings is 1. The highest BCUT2D eigenvalue weighted by atomic mass is 32.1. The summed E-state index contributed by atoms with van der Waals surface area (Å²) >= 11 is 1.61. The second-order valence-corrected chi connectivity index (χ2v) is 7.69. The largest absolute Gasteiger partial charge is 0.480 e. The van der Waals surface area contributed by atoms with E-state index in [2.05, 4.69) is 20.6 Å². The van der Waals surface area contributed by atoms with E-state index in [0.29, 0.717) is 0 Å². The number of carbonyl (C=O) groups excluding carboxylic acids is 1. The molecule has 9 heteroatoms. The van der Waals surface area contributed by atoms with Crippen LogP contribution < -0.4 is 5.32 Å². The highest BCUT2D eigenvalue weighted by Gasteiger charge is 2.35. The lowest BCUT2D eigenvalue weighted by Gasteiger charge is -2.43. The first-order valence-corrected chi connectivity index (χ1v) is 10.1. The van der Waals surface area contributed by atoms with Gasteiger partial charge in [-0.05, 0) is 19.4 Å². The summed E-state index contributed by atoms with van der Waals surface area (Å²) in [7, 11) is 0. The molecule has 2 fully saturated rings. The number of aromatic nitrogens is 1. The van der Waals surface area contributed by atoms with Gasteiger partial charge in [0.15, 0.2) is 0 Å². The Hall–Kier alpha value is -1.71. The van der Waals surface area contributed by atoms with E-state index in [1.807, 2.05) is 22.2 Å². The molecule has 0 spiro atoms. The van der Waals surface area contributed by atoms with Crippen molar-refractivity contribution < 1.29 is 14.7 Å². The van der Waals surface area contributed by atoms with Gasteiger partial charge in [-0.15, -0.1) is 11.3 Å². The first kappa shape index (κ1) is 19.1. The molecular formula is C17H27N5O3S. The van der Waals surface area contributed by atoms with Gasteiger partial charge in [-0.2, -0.15) is 0 Å². The van der Waals surface area contributed by atoms with Gasteiger partial charge in [0, 0.05) is 50.2 Å². The zero-order chi connectivity index (χ0) is 18.5. The fourth-order valence-corrected chi connectivity index (χ4v) is 4.15. The molecule has 1 aromatic rings. The quantitative estimate of drug-likeness (QED) is 0.730. The van der Waals surface area contributed by atoms with Crippen LogP contribution in [0.4, 0.5) is 4.79 Å². The van der Waals surface area contributed by atoms with Crippen molar-refractivity contribution in [3.8, 4) is 0 Å². The lowest BCUT2D eigenvalue weighted by Crippen LogP contribution is -2.58. The third-order valence-electron chi connectivity index (χ3n) is 5.23. The third-order valence-corrected chi connectivity index (χ3v) is 5.87. The van der Waals surface area contributed by atoms with Crippen molar-refractivity contribution >= 4 is 23.3 Å². The number of carboxylic acids is 1. The van der Waals surface area contributed by atoms with Crippen LogP contribution >= 0.6 is 11.3 Å². The maximum atomic E-state index is 12.4. The van der Waals surface area contributed by atoms with E-state index in [4.69, 9.17) is 5.11 Å². The number of likely N-dealkylation sites (N-methyl/N-ethyl adjacent to an activating group) is 1. The van der Waals surface area contributed by atoms with E-state index in [9.17, 15) is 9.59 Å². The van der Waals surface area contributed by atoms with Crippen molar-refractivity contribution in [2.45, 2.75) is 38.4 Å². The lowest BCUT2D eigenvalue weighted by atomic mass is 9.85. The number of nitrogens with zero attached hydrogens (tertiary/aromatic N) is 4. The number of amides is 2. The molecule has 26 heavy (non-hydrogen) atoms. The minimum atomic E-state index is -0.796. The van der Waals surface area contributed by atoms with Crippen molar-refractivity contribution in [3.05, 3.63) is 16.6 Å². The molecule has 0 bridgehead atoms. The van der Waals surface area contributed by atoms with Crippen LogP contribution in [0.15, 0.2) is 10.9 Å². The van der Waals surface area contributed by atoms with Crippen LogP contribution in [-0.4, -0.2) is 88.1 Å². The van der Waals surface area contributed by atoms with Crippen molar-refractivity contribution in [3.63, 3.8) is 0 Å². The average Bonchev–Trinajstić information content (AvgIpc) is 3.09. The number of thiazole rings is 1. The van der Waals surface area contributed by atoms with E-state index in [1.165, 1.54) is 0 Å². The van der Waals surface area contributed by atoms with Gasteiger partial charge in [-0.1, -0.05) is 6.92 Å². The van der Waals surface area contributed by atoms with Crippen LogP contribution in [0.1, 0.15) is 25.5 Å². The summed E-state index contributed by atoms with van der Waals surface area (Å²) in [6, 6.07) is 0.419. The predicted molar refractivity (Wildman–Crippen MR) is 99.2 cm³/mol. The summed E-state index contributed by atoms with van der Waals surface area (Å²) in [6.45, 7) is 6.79. The van der Waals surface area contributed by atoms with Gasteiger partial charge in [-0.25, -0.2) is 9.78 Å². The molecule has 1 aromatic heterocycles. The van der Waals surface area contributed by atoms with Gasteiger partial charge < -0.3 is 15.3 Å². The molecule has 3 rings (SSSR count). The Bertz CT molecular complexity index is 598. The molecular weight excluding hydrogens is 354 g/mol. The molecule has 1 saturated heterocycles. The molecule has 2 aliphatic rings. The van der Waals surface area contributed by atoms with Gasteiger partial charge in [0.05, 0.1) is 17.7 Å². The molecule has 8 nitrogen and oxygen atoms in total. The molecule has 2 heterocycles. The van der Waals surface area contributed by atoms with Crippen molar-refractivity contribution in [2.24, 2.45) is 0 Å². The Balaban J connectivity index is 1.35. The van der Waals surface area contributed by atoms with Crippen LogP contribution in [-0.2, 0) is 11.3 Å². The third kappa shape index (κ3) is 4.93. The Morgan fingerprint density at radius 3 is 2.65 bits per heavy atom. The molecule has 1 saturated carbocycles. The number of urea groups is 1. The van der Waals surface area contributed by atoms with Gasteiger partial charge in [0.2, 0.25) is 0 Å². The first-order chi connectivity index (χ1) is 12.5. The fraction of sp³-hybridized carbons (Fsp3) is 0.706. The smallest absolute Gasteiger partial charge is 0.317 e. The van der Waals surface area contributed by atoms with Gasteiger partial charge in [-0.3, -0.25) is 14.6 Å². The molecule has 2 N–H and O–H groups in total. The maximum absolute atomic E-state index is 12.4. The Labute approximate surface area is 157 Å². The normalized spacial score (nSPS) is 23.7. The fourth-order valence-electron chi connectivity index (χ4n) is 3.60. The minimum absolute atomic E-state index is 0.00282. The molecule has 0 unspecified atom stereocenters. The van der Waals surface area contributed by atoms with E-state index in [1.54, 1.807) is 11.3 Å². The number of hydrogen-bond donors (Lipinski definition) is 2. The Morgan fingerprint density at radius 2 is 2.08 bits per heavy atom. The molecule has 1 aliphatic heterocycles. The second-order valence-electron chi connectivity index (χ2n) is 6.97. The number of hydrogen-bond acceptors (Lipinski definition) is 6. The Morgan fingerprint density at radius 1 is 1.35 bits per heavy atom. The van der Waals surface area contributed by atoms with Crippen LogP contribution in [0.3, 0.4) is 0 Å². The molecule has 0 radical (unpaired) electrons. The molecule has 1 aliphatic carbocycles. The summed E-state index contributed by atoms with van der Waals surface area (Å²) in [5.41, 5.74) is 2.94. The van der Waals surface area contributed by atoms with Gasteiger partial charge in [0.1, 0.15) is 0 Å². The molecule has 0 atom stereocenters. The number of aliphatic carboxylic acids is 1. The highest BCUT2D eigenvalue weighted by Crippen LogP contribution is 2.25. The van der Waals surface area contributed by atoms with Crippen LogP contribution in [0.25, 0.3) is 0 Å². The number of carbonyl (C=O) groups is 2. The van der Waals surface area contributed by atoms with Crippen LogP contribution in [0.5, 0.6) is 0 Å². The number of carboxylic acid groups (broad SMARTS) is 1. The number of nitrogens with one attached hydrogen (secondary N) is 1. The average molecular weight is 382 g/mol. The van der Waals surface area contributed by atoms with Crippen LogP contribution in [0, 0.1) is 0 Å². The predicted octanol–water partition coefficient (Wildman–Crippen LogP) is 0.908. The summed E-state index contributed by atoms with van der Waals surface area (Å²) < 4.78 is 0. The lowest BCUT2D eigenvalue weighted by molar-refractivity contribution is -0.139. The first-order valence-electron chi connectivity index (χ1n) is 9.16. The van der Waals surface area contributed by atoms with E-state index >= 15 is 0 Å². The number of rotatable bonds is 7. The van der Waals surface area contributed by atoms with E-state index in [0.717, 1.165) is 57.8 Å². The van der Waals surface area contributed by atoms with Crippen molar-refractivity contribution in [1.29, 1.82) is 0 Å². The summed E-state index contributed by atoms with van der Waals surface area (Å²) in [5, 5.41) is 14.1. The summed E-state index contributed by atoms with van der Waals surface area (Å²) in [6.07, 6.45) is 1.66. The summed E-state index contributed by atoms with van der Waals surface area (Å²) in [4.78, 5) is 33.8. The summed E-state index contributed by atoms with van der Waals surface area (Å²) in [5.74, 6) is -0.796. The van der Waals surface area contributed by atoms with Gasteiger partial charge >= 0.3 is 12.0 Å².